The number of nitrogens with one attached hydrogen (secondary N) is 1. The van der Waals surface area contributed by atoms with Crippen molar-refractivity contribution in [3.63, 3.8) is 0 Å². The summed E-state index contributed by atoms with van der Waals surface area (Å²) in [6.45, 7) is 3.73. The summed E-state index contributed by atoms with van der Waals surface area (Å²) >= 11 is 0. The first-order valence-corrected chi connectivity index (χ1v) is 11.2. The smallest absolute Gasteiger partial charge is 0.326 e. The fourth-order valence-electron chi connectivity index (χ4n) is 4.09. The van der Waals surface area contributed by atoms with Crippen LogP contribution in [0.4, 0.5) is 18.9 Å². The summed E-state index contributed by atoms with van der Waals surface area (Å²) in [6.07, 6.45) is -6.07. The number of alkyl halides is 3. The van der Waals surface area contributed by atoms with Gasteiger partial charge in [-0.2, -0.15) is 13.2 Å². The van der Waals surface area contributed by atoms with E-state index in [9.17, 15) is 22.8 Å². The molecule has 1 N–H and O–H groups in total. The average Bonchev–Trinajstić information content (AvgIpc) is 2.94. The molecular weight excluding hydrogens is 455 g/mol. The number of amides is 2. The minimum atomic E-state index is -4.51. The molecular formula is C27H24F3N3O2. The molecule has 1 aliphatic rings. The number of nitrogens with zero attached hydrogens (tertiary/aromatic N) is 2. The number of fused-ring (bicyclic) bond motifs is 1. The van der Waals surface area contributed by atoms with Crippen molar-refractivity contribution < 1.29 is 22.8 Å². The minimum Gasteiger partial charge on any atom is -0.326 e. The highest BCUT2D eigenvalue weighted by molar-refractivity contribution is 6.20. The molecule has 0 spiro atoms. The standard InChI is InChI=1S/C27H24F3N3O2/c1-17(2)33-22-14-7-6-13-21(22)24(19-10-4-3-5-11-19)32-25(26(33)35)31-23(34)16-18-9-8-12-20(15-18)27(28,29)30/h3-15,17,25H,16H2,1-2H3,(H,31,34)/t25-/m1/s1. The maximum absolute atomic E-state index is 13.6. The van der Waals surface area contributed by atoms with E-state index in [1.165, 1.54) is 12.1 Å². The number of aliphatic imine (C=N–C) groups is 1. The summed E-state index contributed by atoms with van der Waals surface area (Å²) in [6, 6.07) is 21.1. The van der Waals surface area contributed by atoms with Crippen LogP contribution in [-0.2, 0) is 22.2 Å². The second-order valence-electron chi connectivity index (χ2n) is 8.51. The number of hydrogen-bond acceptors (Lipinski definition) is 3. The van der Waals surface area contributed by atoms with Gasteiger partial charge in [-0.05, 0) is 31.5 Å². The van der Waals surface area contributed by atoms with Crippen molar-refractivity contribution in [1.82, 2.24) is 5.32 Å². The second-order valence-corrected chi connectivity index (χ2v) is 8.51. The van der Waals surface area contributed by atoms with Crippen LogP contribution in [0.15, 0.2) is 83.9 Å². The Morgan fingerprint density at radius 2 is 1.69 bits per heavy atom. The molecule has 5 nitrogen and oxygen atoms in total. The number of anilines is 1. The molecule has 3 aromatic rings. The van der Waals surface area contributed by atoms with Gasteiger partial charge in [-0.3, -0.25) is 9.59 Å². The third kappa shape index (κ3) is 5.26. The van der Waals surface area contributed by atoms with E-state index < -0.39 is 29.7 Å². The summed E-state index contributed by atoms with van der Waals surface area (Å²) in [5.41, 5.74) is 2.09. The monoisotopic (exact) mass is 479 g/mol. The topological polar surface area (TPSA) is 61.8 Å². The van der Waals surface area contributed by atoms with E-state index in [0.717, 1.165) is 23.3 Å². The molecule has 0 unspecified atom stereocenters. The minimum absolute atomic E-state index is 0.190. The third-order valence-electron chi connectivity index (χ3n) is 5.63. The van der Waals surface area contributed by atoms with Crippen molar-refractivity contribution in [2.24, 2.45) is 4.99 Å². The van der Waals surface area contributed by atoms with Crippen molar-refractivity contribution in [2.75, 3.05) is 4.90 Å². The Kier molecular flexibility index (Phi) is 6.73. The zero-order valence-corrected chi connectivity index (χ0v) is 19.2. The van der Waals surface area contributed by atoms with Crippen molar-refractivity contribution in [3.05, 3.63) is 101 Å². The van der Waals surface area contributed by atoms with E-state index in [1.54, 1.807) is 4.90 Å². The number of carbonyl (C=O) groups excluding carboxylic acids is 2. The Bertz CT molecular complexity index is 1270. The molecule has 3 aromatic carbocycles. The molecule has 0 saturated heterocycles. The SMILES string of the molecule is CC(C)N1C(=O)[C@H](NC(=O)Cc2cccc(C(F)(F)F)c2)N=C(c2ccccc2)c2ccccc21. The van der Waals surface area contributed by atoms with Crippen LogP contribution in [0.2, 0.25) is 0 Å². The van der Waals surface area contributed by atoms with E-state index in [-0.39, 0.29) is 18.0 Å². The van der Waals surface area contributed by atoms with Crippen LogP contribution in [0.3, 0.4) is 0 Å². The number of halogens is 3. The van der Waals surface area contributed by atoms with Crippen LogP contribution in [0, 0.1) is 0 Å². The van der Waals surface area contributed by atoms with Gasteiger partial charge in [0.1, 0.15) is 0 Å². The fraction of sp³-hybridized carbons (Fsp3) is 0.222. The Morgan fingerprint density at radius 1 is 1.00 bits per heavy atom. The predicted octanol–water partition coefficient (Wildman–Crippen LogP) is 4.98. The summed E-state index contributed by atoms with van der Waals surface area (Å²) in [5, 5.41) is 2.64. The Morgan fingerprint density at radius 3 is 2.37 bits per heavy atom. The largest absolute Gasteiger partial charge is 0.416 e. The van der Waals surface area contributed by atoms with Gasteiger partial charge in [0.05, 0.1) is 23.4 Å². The molecule has 0 saturated carbocycles. The van der Waals surface area contributed by atoms with Crippen molar-refractivity contribution >= 4 is 23.2 Å². The Labute approximate surface area is 201 Å². The van der Waals surface area contributed by atoms with E-state index in [0.29, 0.717) is 11.4 Å². The van der Waals surface area contributed by atoms with Crippen LogP contribution in [-0.4, -0.2) is 29.7 Å². The highest BCUT2D eigenvalue weighted by atomic mass is 19.4. The molecule has 4 rings (SSSR count). The van der Waals surface area contributed by atoms with Crippen molar-refractivity contribution in [2.45, 2.75) is 38.7 Å². The molecule has 35 heavy (non-hydrogen) atoms. The van der Waals surface area contributed by atoms with Crippen LogP contribution in [0.1, 0.15) is 36.1 Å². The summed E-state index contributed by atoms with van der Waals surface area (Å²) in [4.78, 5) is 32.7. The van der Waals surface area contributed by atoms with Gasteiger partial charge >= 0.3 is 6.18 Å². The molecule has 1 atom stereocenters. The van der Waals surface area contributed by atoms with E-state index in [4.69, 9.17) is 0 Å². The van der Waals surface area contributed by atoms with E-state index >= 15 is 0 Å². The number of benzene rings is 3. The molecule has 2 amide bonds. The summed E-state index contributed by atoms with van der Waals surface area (Å²) in [5.74, 6) is -1.02. The van der Waals surface area contributed by atoms with Gasteiger partial charge < -0.3 is 10.2 Å². The third-order valence-corrected chi connectivity index (χ3v) is 5.63. The highest BCUT2D eigenvalue weighted by Crippen LogP contribution is 2.31. The molecule has 0 radical (unpaired) electrons. The first-order valence-electron chi connectivity index (χ1n) is 11.2. The van der Waals surface area contributed by atoms with Crippen molar-refractivity contribution in [3.8, 4) is 0 Å². The second kappa shape index (κ2) is 9.74. The molecule has 1 aliphatic heterocycles. The molecule has 180 valence electrons. The van der Waals surface area contributed by atoms with E-state index in [1.807, 2.05) is 68.4 Å². The normalized spacial score (nSPS) is 15.9. The van der Waals surface area contributed by atoms with Crippen LogP contribution in [0.25, 0.3) is 0 Å². The number of rotatable bonds is 5. The fourth-order valence-corrected chi connectivity index (χ4v) is 4.09. The van der Waals surface area contributed by atoms with Gasteiger partial charge in [-0.15, -0.1) is 0 Å². The summed E-state index contributed by atoms with van der Waals surface area (Å²) < 4.78 is 39.2. The zero-order valence-electron chi connectivity index (χ0n) is 19.2. The van der Waals surface area contributed by atoms with Crippen LogP contribution >= 0.6 is 0 Å². The molecule has 0 bridgehead atoms. The summed E-state index contributed by atoms with van der Waals surface area (Å²) in [7, 11) is 0. The lowest BCUT2D eigenvalue weighted by molar-refractivity contribution is -0.137. The average molecular weight is 480 g/mol. The quantitative estimate of drug-likeness (QED) is 0.561. The maximum atomic E-state index is 13.6. The highest BCUT2D eigenvalue weighted by Gasteiger charge is 2.34. The predicted molar refractivity (Wildman–Crippen MR) is 128 cm³/mol. The number of hydrogen-bond donors (Lipinski definition) is 1. The van der Waals surface area contributed by atoms with Gasteiger partial charge in [-0.25, -0.2) is 4.99 Å². The lowest BCUT2D eigenvalue weighted by Crippen LogP contribution is -2.50. The number of benzodiazepines with no additional fused rings is 1. The first-order chi connectivity index (χ1) is 16.6. The maximum Gasteiger partial charge on any atom is 0.416 e. The molecule has 8 heteroatoms. The lowest BCUT2D eigenvalue weighted by atomic mass is 10.00. The van der Waals surface area contributed by atoms with E-state index in [2.05, 4.69) is 10.3 Å². The lowest BCUT2D eigenvalue weighted by Gasteiger charge is -2.29. The van der Waals surface area contributed by atoms with Gasteiger partial charge in [0.2, 0.25) is 12.1 Å². The van der Waals surface area contributed by atoms with Crippen LogP contribution < -0.4 is 10.2 Å². The van der Waals surface area contributed by atoms with Gasteiger partial charge in [0, 0.05) is 17.2 Å². The molecule has 1 heterocycles. The Hall–Kier alpha value is -3.94. The van der Waals surface area contributed by atoms with Gasteiger partial charge in [0.25, 0.3) is 5.91 Å². The molecule has 0 fully saturated rings. The zero-order chi connectivity index (χ0) is 25.2. The molecule has 0 aliphatic carbocycles. The first kappa shape index (κ1) is 24.2. The molecule has 0 aromatic heterocycles. The van der Waals surface area contributed by atoms with Gasteiger partial charge in [-0.1, -0.05) is 66.7 Å². The van der Waals surface area contributed by atoms with Gasteiger partial charge in [0.15, 0.2) is 0 Å². The Balaban J connectivity index is 1.70. The number of para-hydroxylation sites is 1. The number of carbonyl (C=O) groups is 2. The van der Waals surface area contributed by atoms with Crippen molar-refractivity contribution in [1.29, 1.82) is 0 Å². The van der Waals surface area contributed by atoms with Crippen LogP contribution in [0.5, 0.6) is 0 Å².